The van der Waals surface area contributed by atoms with Crippen LogP contribution in [-0.4, -0.2) is 6.04 Å². The highest BCUT2D eigenvalue weighted by Crippen LogP contribution is 2.21. The van der Waals surface area contributed by atoms with Gasteiger partial charge in [-0.25, -0.2) is 0 Å². The molecule has 0 aromatic heterocycles. The van der Waals surface area contributed by atoms with E-state index in [1.54, 1.807) is 0 Å². The van der Waals surface area contributed by atoms with Gasteiger partial charge in [-0.2, -0.15) is 0 Å². The normalized spacial score (nSPS) is 11.8. The van der Waals surface area contributed by atoms with Crippen molar-refractivity contribution in [3.8, 4) is 0 Å². The topological polar surface area (TPSA) is 12.0 Å². The minimum atomic E-state index is 0.172. The quantitative estimate of drug-likeness (QED) is 0.716. The summed E-state index contributed by atoms with van der Waals surface area (Å²) in [5.41, 5.74) is 8.60. The summed E-state index contributed by atoms with van der Waals surface area (Å²) in [6.07, 6.45) is 2.87. The Morgan fingerprint density at radius 1 is 1.00 bits per heavy atom. The summed E-state index contributed by atoms with van der Waals surface area (Å²) in [7, 11) is 0. The van der Waals surface area contributed by atoms with E-state index < -0.39 is 0 Å². The van der Waals surface area contributed by atoms with Gasteiger partial charge in [0, 0.05) is 17.3 Å². The molecule has 0 amide bonds. The van der Waals surface area contributed by atoms with Gasteiger partial charge in [0.25, 0.3) is 0 Å². The molecule has 0 saturated carbocycles. The van der Waals surface area contributed by atoms with Gasteiger partial charge in [0.05, 0.1) is 0 Å². The Balaban J connectivity index is 2.12. The molecule has 2 aromatic carbocycles. The van der Waals surface area contributed by atoms with Crippen LogP contribution >= 0.6 is 0 Å². The number of rotatable bonds is 6. The van der Waals surface area contributed by atoms with Crippen molar-refractivity contribution in [1.82, 2.24) is 5.32 Å². The second-order valence-corrected chi connectivity index (χ2v) is 6.41. The van der Waals surface area contributed by atoms with Crippen LogP contribution in [-0.2, 0) is 6.42 Å². The molecule has 1 N–H and O–H groups in total. The van der Waals surface area contributed by atoms with E-state index in [0.717, 1.165) is 12.1 Å². The molecule has 0 aliphatic carbocycles. The van der Waals surface area contributed by atoms with E-state index in [1.165, 1.54) is 33.4 Å². The van der Waals surface area contributed by atoms with Crippen LogP contribution in [0.3, 0.4) is 0 Å². The van der Waals surface area contributed by atoms with Gasteiger partial charge in [-0.05, 0) is 62.4 Å². The lowest BCUT2D eigenvalue weighted by Crippen LogP contribution is -2.27. The van der Waals surface area contributed by atoms with E-state index in [4.69, 9.17) is 0 Å². The number of aryl methyl sites for hydroxylation is 4. The lowest BCUT2D eigenvalue weighted by atomic mass is 9.98. The lowest BCUT2D eigenvalue weighted by Gasteiger charge is -2.20. The molecule has 1 atom stereocenters. The van der Waals surface area contributed by atoms with E-state index in [-0.39, 0.29) is 6.04 Å². The van der Waals surface area contributed by atoms with Crippen molar-refractivity contribution in [2.45, 2.75) is 40.2 Å². The second-order valence-electron chi connectivity index (χ2n) is 6.41. The number of hydrogen-bond acceptors (Lipinski definition) is 1. The summed E-state index contributed by atoms with van der Waals surface area (Å²) in [6.45, 7) is 16.7. The standard InChI is InChI=1S/C22H27N/c1-7-21(14-20-10-8-15(2)9-11-20)23-19(6)22-13-17(4)16(3)12-18(22)5/h7-13,21,23H,1,6,14H2,2-5H3. The third-order valence-corrected chi connectivity index (χ3v) is 4.39. The van der Waals surface area contributed by atoms with Gasteiger partial charge in [0.15, 0.2) is 0 Å². The van der Waals surface area contributed by atoms with Gasteiger partial charge >= 0.3 is 0 Å². The molecule has 23 heavy (non-hydrogen) atoms. The third-order valence-electron chi connectivity index (χ3n) is 4.39. The molecule has 0 spiro atoms. The Labute approximate surface area is 140 Å². The average Bonchev–Trinajstić information content (AvgIpc) is 2.52. The van der Waals surface area contributed by atoms with Crippen LogP contribution in [0.2, 0.25) is 0 Å². The van der Waals surface area contributed by atoms with Crippen molar-refractivity contribution >= 4 is 5.70 Å². The molecule has 1 unspecified atom stereocenters. The lowest BCUT2D eigenvalue weighted by molar-refractivity contribution is 0.710. The Hall–Kier alpha value is -2.28. The zero-order chi connectivity index (χ0) is 17.0. The molecule has 120 valence electrons. The predicted molar refractivity (Wildman–Crippen MR) is 102 cm³/mol. The zero-order valence-corrected chi connectivity index (χ0v) is 14.7. The molecule has 0 fully saturated rings. The number of benzene rings is 2. The first-order valence-electron chi connectivity index (χ1n) is 8.12. The zero-order valence-electron chi connectivity index (χ0n) is 14.7. The van der Waals surface area contributed by atoms with Gasteiger partial charge in [0.2, 0.25) is 0 Å². The van der Waals surface area contributed by atoms with Crippen molar-refractivity contribution in [3.63, 3.8) is 0 Å². The fraction of sp³-hybridized carbons (Fsp3) is 0.273. The van der Waals surface area contributed by atoms with Gasteiger partial charge in [-0.3, -0.25) is 0 Å². The van der Waals surface area contributed by atoms with Crippen molar-refractivity contribution in [2.24, 2.45) is 0 Å². The van der Waals surface area contributed by atoms with E-state index in [1.807, 2.05) is 6.08 Å². The van der Waals surface area contributed by atoms with E-state index in [2.05, 4.69) is 82.6 Å². The van der Waals surface area contributed by atoms with Crippen LogP contribution < -0.4 is 5.32 Å². The summed E-state index contributed by atoms with van der Waals surface area (Å²) >= 11 is 0. The summed E-state index contributed by atoms with van der Waals surface area (Å²) in [4.78, 5) is 0. The smallest absolute Gasteiger partial charge is 0.0482 e. The first-order valence-corrected chi connectivity index (χ1v) is 8.12. The molecule has 0 aliphatic rings. The molecule has 1 nitrogen and oxygen atoms in total. The molecule has 0 heterocycles. The molecule has 1 heteroatoms. The maximum Gasteiger partial charge on any atom is 0.0482 e. The second kappa shape index (κ2) is 7.32. The van der Waals surface area contributed by atoms with Crippen LogP contribution in [0.15, 0.2) is 55.6 Å². The SMILES string of the molecule is C=CC(Cc1ccc(C)cc1)NC(=C)c1cc(C)c(C)cc1C. The Bertz CT molecular complexity index is 707. The van der Waals surface area contributed by atoms with E-state index in [0.29, 0.717) is 0 Å². The first kappa shape index (κ1) is 17.1. The van der Waals surface area contributed by atoms with Gasteiger partial charge < -0.3 is 5.32 Å². The molecule has 0 radical (unpaired) electrons. The maximum absolute atomic E-state index is 4.24. The van der Waals surface area contributed by atoms with E-state index in [9.17, 15) is 0 Å². The average molecular weight is 305 g/mol. The highest BCUT2D eigenvalue weighted by molar-refractivity contribution is 5.66. The Kier molecular flexibility index (Phi) is 5.44. The minimum Gasteiger partial charge on any atom is -0.379 e. The van der Waals surface area contributed by atoms with Crippen molar-refractivity contribution in [3.05, 3.63) is 89.0 Å². The predicted octanol–water partition coefficient (Wildman–Crippen LogP) is 5.28. The molecular weight excluding hydrogens is 278 g/mol. The van der Waals surface area contributed by atoms with Crippen LogP contribution in [0.4, 0.5) is 0 Å². The molecule has 2 rings (SSSR count). The maximum atomic E-state index is 4.24. The van der Waals surface area contributed by atoms with Gasteiger partial charge in [-0.1, -0.05) is 48.6 Å². The summed E-state index contributed by atoms with van der Waals surface area (Å²) in [6, 6.07) is 13.3. The van der Waals surface area contributed by atoms with Crippen molar-refractivity contribution in [2.75, 3.05) is 0 Å². The Morgan fingerprint density at radius 2 is 1.61 bits per heavy atom. The highest BCUT2D eigenvalue weighted by atomic mass is 14.9. The van der Waals surface area contributed by atoms with Crippen LogP contribution in [0.5, 0.6) is 0 Å². The van der Waals surface area contributed by atoms with E-state index >= 15 is 0 Å². The van der Waals surface area contributed by atoms with Gasteiger partial charge in [0.1, 0.15) is 0 Å². The monoisotopic (exact) mass is 305 g/mol. The van der Waals surface area contributed by atoms with Crippen LogP contribution in [0, 0.1) is 27.7 Å². The molecule has 0 saturated heterocycles. The first-order chi connectivity index (χ1) is 10.9. The summed E-state index contributed by atoms with van der Waals surface area (Å²) in [5, 5.41) is 3.52. The summed E-state index contributed by atoms with van der Waals surface area (Å²) in [5.74, 6) is 0. The van der Waals surface area contributed by atoms with Crippen LogP contribution in [0.25, 0.3) is 5.70 Å². The highest BCUT2D eigenvalue weighted by Gasteiger charge is 2.10. The molecular formula is C22H27N. The molecule has 2 aromatic rings. The van der Waals surface area contributed by atoms with Crippen LogP contribution in [0.1, 0.15) is 33.4 Å². The number of hydrogen-bond donors (Lipinski definition) is 1. The number of nitrogens with one attached hydrogen (secondary N) is 1. The van der Waals surface area contributed by atoms with Gasteiger partial charge in [-0.15, -0.1) is 6.58 Å². The minimum absolute atomic E-state index is 0.172. The Morgan fingerprint density at radius 3 is 2.22 bits per heavy atom. The van der Waals surface area contributed by atoms with Crippen molar-refractivity contribution in [1.29, 1.82) is 0 Å². The molecule has 0 aliphatic heterocycles. The largest absolute Gasteiger partial charge is 0.379 e. The molecule has 0 bridgehead atoms. The summed E-state index contributed by atoms with van der Waals surface area (Å²) < 4.78 is 0. The fourth-order valence-corrected chi connectivity index (χ4v) is 2.76. The fourth-order valence-electron chi connectivity index (χ4n) is 2.76. The van der Waals surface area contributed by atoms with Crippen molar-refractivity contribution < 1.29 is 0 Å². The third kappa shape index (κ3) is 4.35.